The summed E-state index contributed by atoms with van der Waals surface area (Å²) in [5.41, 5.74) is 5.27. The third kappa shape index (κ3) is 3.17. The second-order valence-electron chi connectivity index (χ2n) is 5.90. The molecule has 112 valence electrons. The highest BCUT2D eigenvalue weighted by atomic mass is 16.2. The Morgan fingerprint density at radius 3 is 2.40 bits per heavy atom. The molecule has 6 heteroatoms. The fourth-order valence-electron chi connectivity index (χ4n) is 3.13. The Bertz CT molecular complexity index is 402. The zero-order chi connectivity index (χ0) is 14.7. The fraction of sp³-hybridized carbons (Fsp3) is 0.786. The molecule has 3 amide bonds. The van der Waals surface area contributed by atoms with E-state index in [0.717, 1.165) is 25.7 Å². The third-order valence-corrected chi connectivity index (χ3v) is 4.38. The SMILES string of the molecule is CNNC(=O)C1CCC(CN2C(=O)CC(C)C2=O)CC1. The average Bonchev–Trinajstić information content (AvgIpc) is 2.66. The van der Waals surface area contributed by atoms with Gasteiger partial charge in [0.05, 0.1) is 0 Å². The molecule has 1 aliphatic carbocycles. The van der Waals surface area contributed by atoms with E-state index < -0.39 is 0 Å². The second-order valence-corrected chi connectivity index (χ2v) is 5.90. The molecule has 0 aromatic rings. The first-order valence-electron chi connectivity index (χ1n) is 7.33. The van der Waals surface area contributed by atoms with Crippen molar-refractivity contribution < 1.29 is 14.4 Å². The number of carbonyl (C=O) groups excluding carboxylic acids is 3. The monoisotopic (exact) mass is 281 g/mol. The van der Waals surface area contributed by atoms with Crippen LogP contribution in [0.2, 0.25) is 0 Å². The molecule has 0 spiro atoms. The van der Waals surface area contributed by atoms with Crippen LogP contribution in [0.3, 0.4) is 0 Å². The molecule has 2 fully saturated rings. The number of likely N-dealkylation sites (tertiary alicyclic amines) is 1. The summed E-state index contributed by atoms with van der Waals surface area (Å²) in [4.78, 5) is 36.8. The van der Waals surface area contributed by atoms with Crippen LogP contribution >= 0.6 is 0 Å². The quantitative estimate of drug-likeness (QED) is 0.579. The topological polar surface area (TPSA) is 78.5 Å². The van der Waals surface area contributed by atoms with Crippen molar-refractivity contribution in [2.24, 2.45) is 17.8 Å². The van der Waals surface area contributed by atoms with Crippen LogP contribution in [0.25, 0.3) is 0 Å². The smallest absolute Gasteiger partial charge is 0.237 e. The van der Waals surface area contributed by atoms with Crippen LogP contribution in [0.15, 0.2) is 0 Å². The maximum absolute atomic E-state index is 11.9. The number of hydrogen-bond donors (Lipinski definition) is 2. The first-order chi connectivity index (χ1) is 9.52. The van der Waals surface area contributed by atoms with Crippen molar-refractivity contribution >= 4 is 17.7 Å². The Hall–Kier alpha value is -1.43. The Morgan fingerprint density at radius 2 is 1.90 bits per heavy atom. The van der Waals surface area contributed by atoms with Gasteiger partial charge in [0.2, 0.25) is 17.7 Å². The highest BCUT2D eigenvalue weighted by Gasteiger charge is 2.37. The van der Waals surface area contributed by atoms with Gasteiger partial charge in [-0.3, -0.25) is 24.7 Å². The predicted molar refractivity (Wildman–Crippen MR) is 73.2 cm³/mol. The summed E-state index contributed by atoms with van der Waals surface area (Å²) in [6.07, 6.45) is 3.78. The summed E-state index contributed by atoms with van der Waals surface area (Å²) in [5.74, 6) is 0.171. The summed E-state index contributed by atoms with van der Waals surface area (Å²) in [6.45, 7) is 2.33. The summed E-state index contributed by atoms with van der Waals surface area (Å²) in [6, 6.07) is 0. The van der Waals surface area contributed by atoms with E-state index in [1.165, 1.54) is 4.90 Å². The zero-order valence-corrected chi connectivity index (χ0v) is 12.1. The molecule has 1 saturated heterocycles. The van der Waals surface area contributed by atoms with Crippen molar-refractivity contribution in [3.8, 4) is 0 Å². The maximum atomic E-state index is 11.9. The van der Waals surface area contributed by atoms with Gasteiger partial charge in [-0.05, 0) is 31.6 Å². The van der Waals surface area contributed by atoms with E-state index in [2.05, 4.69) is 10.9 Å². The van der Waals surface area contributed by atoms with Gasteiger partial charge in [-0.25, -0.2) is 5.43 Å². The van der Waals surface area contributed by atoms with Gasteiger partial charge in [-0.1, -0.05) is 6.92 Å². The third-order valence-electron chi connectivity index (χ3n) is 4.38. The van der Waals surface area contributed by atoms with Crippen LogP contribution in [-0.4, -0.2) is 36.2 Å². The average molecular weight is 281 g/mol. The molecule has 1 unspecified atom stereocenters. The number of nitrogens with zero attached hydrogens (tertiary/aromatic N) is 1. The van der Waals surface area contributed by atoms with Gasteiger partial charge in [0.15, 0.2) is 0 Å². The Kier molecular flexibility index (Phi) is 4.75. The molecule has 1 atom stereocenters. The van der Waals surface area contributed by atoms with Crippen LogP contribution < -0.4 is 10.9 Å². The number of rotatable bonds is 4. The number of imide groups is 1. The van der Waals surface area contributed by atoms with E-state index in [1.54, 1.807) is 14.0 Å². The summed E-state index contributed by atoms with van der Waals surface area (Å²) >= 11 is 0. The van der Waals surface area contributed by atoms with E-state index in [-0.39, 0.29) is 29.6 Å². The van der Waals surface area contributed by atoms with Gasteiger partial charge in [-0.15, -0.1) is 0 Å². The van der Waals surface area contributed by atoms with Crippen LogP contribution in [0.5, 0.6) is 0 Å². The van der Waals surface area contributed by atoms with Crippen molar-refractivity contribution in [3.05, 3.63) is 0 Å². The van der Waals surface area contributed by atoms with Gasteiger partial charge in [0.25, 0.3) is 0 Å². The van der Waals surface area contributed by atoms with Gasteiger partial charge in [0.1, 0.15) is 0 Å². The van der Waals surface area contributed by atoms with E-state index in [0.29, 0.717) is 18.9 Å². The molecule has 1 aliphatic heterocycles. The predicted octanol–water partition coefficient (Wildman–Crippen LogP) is 0.438. The summed E-state index contributed by atoms with van der Waals surface area (Å²) in [5, 5.41) is 0. The Balaban J connectivity index is 1.81. The zero-order valence-electron chi connectivity index (χ0n) is 12.1. The van der Waals surface area contributed by atoms with Crippen molar-refractivity contribution in [3.63, 3.8) is 0 Å². The summed E-state index contributed by atoms with van der Waals surface area (Å²) < 4.78 is 0. The van der Waals surface area contributed by atoms with Crippen molar-refractivity contribution in [1.82, 2.24) is 15.8 Å². The number of hydrazine groups is 1. The Morgan fingerprint density at radius 1 is 1.25 bits per heavy atom. The lowest BCUT2D eigenvalue weighted by molar-refractivity contribution is -0.140. The lowest BCUT2D eigenvalue weighted by atomic mass is 9.81. The van der Waals surface area contributed by atoms with Crippen LogP contribution in [0.4, 0.5) is 0 Å². The van der Waals surface area contributed by atoms with Gasteiger partial charge >= 0.3 is 0 Å². The maximum Gasteiger partial charge on any atom is 0.237 e. The second kappa shape index (κ2) is 6.35. The normalized spacial score (nSPS) is 30.7. The van der Waals surface area contributed by atoms with Crippen LogP contribution in [0.1, 0.15) is 39.0 Å². The van der Waals surface area contributed by atoms with Crippen LogP contribution in [0, 0.1) is 17.8 Å². The molecule has 1 saturated carbocycles. The van der Waals surface area contributed by atoms with Gasteiger partial charge < -0.3 is 0 Å². The van der Waals surface area contributed by atoms with Gasteiger partial charge in [0, 0.05) is 31.8 Å². The lowest BCUT2D eigenvalue weighted by Crippen LogP contribution is -2.41. The molecule has 0 aromatic heterocycles. The van der Waals surface area contributed by atoms with E-state index in [9.17, 15) is 14.4 Å². The van der Waals surface area contributed by atoms with Crippen molar-refractivity contribution in [2.75, 3.05) is 13.6 Å². The fourth-order valence-corrected chi connectivity index (χ4v) is 3.13. The summed E-state index contributed by atoms with van der Waals surface area (Å²) in [7, 11) is 1.68. The highest BCUT2D eigenvalue weighted by Crippen LogP contribution is 2.31. The molecule has 2 N–H and O–H groups in total. The standard InChI is InChI=1S/C14H23N3O3/c1-9-7-12(18)17(14(9)20)8-10-3-5-11(6-4-10)13(19)16-15-2/h9-11,15H,3-8H2,1-2H3,(H,16,19). The first-order valence-corrected chi connectivity index (χ1v) is 7.33. The molecule has 1 heterocycles. The minimum absolute atomic E-state index is 0.0351. The minimum atomic E-state index is -0.166. The first kappa shape index (κ1) is 15.0. The molecule has 2 rings (SSSR count). The number of carbonyl (C=O) groups is 3. The number of hydrogen-bond acceptors (Lipinski definition) is 4. The molecule has 6 nitrogen and oxygen atoms in total. The molecular formula is C14H23N3O3. The van der Waals surface area contributed by atoms with Crippen molar-refractivity contribution in [1.29, 1.82) is 0 Å². The molecule has 20 heavy (non-hydrogen) atoms. The van der Waals surface area contributed by atoms with Crippen molar-refractivity contribution in [2.45, 2.75) is 39.0 Å². The van der Waals surface area contributed by atoms with E-state index in [1.807, 2.05) is 0 Å². The molecule has 0 bridgehead atoms. The number of nitrogens with one attached hydrogen (secondary N) is 2. The van der Waals surface area contributed by atoms with E-state index >= 15 is 0 Å². The highest BCUT2D eigenvalue weighted by molar-refractivity contribution is 6.03. The molecule has 2 aliphatic rings. The Labute approximate surface area is 119 Å². The largest absolute Gasteiger partial charge is 0.292 e. The van der Waals surface area contributed by atoms with E-state index in [4.69, 9.17) is 0 Å². The molecule has 0 radical (unpaired) electrons. The van der Waals surface area contributed by atoms with Crippen LogP contribution in [-0.2, 0) is 14.4 Å². The minimum Gasteiger partial charge on any atom is -0.292 e. The van der Waals surface area contributed by atoms with Gasteiger partial charge in [-0.2, -0.15) is 0 Å². The molecule has 0 aromatic carbocycles. The molecular weight excluding hydrogens is 258 g/mol. The lowest BCUT2D eigenvalue weighted by Gasteiger charge is -2.30. The number of amides is 3.